The van der Waals surface area contributed by atoms with Gasteiger partial charge in [-0.3, -0.25) is 4.79 Å². The number of aliphatic carboxylic acids is 1. The monoisotopic (exact) mass is 562 g/mol. The molecule has 4 aromatic rings. The number of nitrogens with one attached hydrogen (secondary N) is 1. The number of carboxylic acid groups (broad SMARTS) is 1. The van der Waals surface area contributed by atoms with E-state index in [-0.39, 0.29) is 25.2 Å². The maximum absolute atomic E-state index is 12.5. The number of fused-ring (bicyclic) bond motifs is 1. The van der Waals surface area contributed by atoms with Crippen molar-refractivity contribution in [1.82, 2.24) is 15.1 Å². The van der Waals surface area contributed by atoms with Gasteiger partial charge in [-0.1, -0.05) is 41.6 Å². The van der Waals surface area contributed by atoms with Gasteiger partial charge in [-0.25, -0.2) is 9.78 Å². The fourth-order valence-electron chi connectivity index (χ4n) is 4.71. The molecule has 2 aromatic carbocycles. The molecular formula is C30H31ClN4O5. The number of rotatable bonds is 11. The van der Waals surface area contributed by atoms with Crippen LogP contribution in [0.3, 0.4) is 0 Å². The highest BCUT2D eigenvalue weighted by Crippen LogP contribution is 2.28. The third-order valence-electron chi connectivity index (χ3n) is 6.69. The molecule has 0 amide bonds. The van der Waals surface area contributed by atoms with Crippen LogP contribution in [0, 0.1) is 0 Å². The van der Waals surface area contributed by atoms with Crippen molar-refractivity contribution in [3.05, 3.63) is 101 Å². The van der Waals surface area contributed by atoms with Crippen molar-refractivity contribution in [2.45, 2.75) is 50.9 Å². The third kappa shape index (κ3) is 7.66. The molecule has 0 fully saturated rings. The van der Waals surface area contributed by atoms with Crippen LogP contribution in [0.1, 0.15) is 64.1 Å². The van der Waals surface area contributed by atoms with Crippen LogP contribution in [-0.4, -0.2) is 38.7 Å². The van der Waals surface area contributed by atoms with Crippen LogP contribution in [0.5, 0.6) is 5.75 Å². The topological polar surface area (TPSA) is 127 Å². The Morgan fingerprint density at radius 1 is 1.02 bits per heavy atom. The SMILES string of the molecule is Cl.O=C(O)CC(Cc1nc(CCCc2ccc3c(n2)NCCC3)no1)c1cccc(OC(=O)c2ccccc2)c1. The minimum absolute atomic E-state index is 0. The number of aromatic nitrogens is 3. The normalized spacial score (nSPS) is 12.9. The van der Waals surface area contributed by atoms with E-state index in [9.17, 15) is 14.7 Å². The number of esters is 1. The fraction of sp³-hybridized carbons (Fsp3) is 0.300. The lowest BCUT2D eigenvalue weighted by Gasteiger charge is -2.17. The van der Waals surface area contributed by atoms with E-state index in [1.807, 2.05) is 12.1 Å². The van der Waals surface area contributed by atoms with Gasteiger partial charge in [-0.15, -0.1) is 12.4 Å². The number of aryl methyl sites for hydroxylation is 3. The Morgan fingerprint density at radius 2 is 1.88 bits per heavy atom. The van der Waals surface area contributed by atoms with Gasteiger partial charge in [0.2, 0.25) is 5.89 Å². The molecule has 208 valence electrons. The number of carbonyl (C=O) groups excluding carboxylic acids is 1. The van der Waals surface area contributed by atoms with Gasteiger partial charge in [-0.2, -0.15) is 4.98 Å². The Bertz CT molecular complexity index is 1440. The summed E-state index contributed by atoms with van der Waals surface area (Å²) in [7, 11) is 0. The van der Waals surface area contributed by atoms with Crippen molar-refractivity contribution in [2.24, 2.45) is 0 Å². The van der Waals surface area contributed by atoms with Crippen LogP contribution in [-0.2, 0) is 30.5 Å². The van der Waals surface area contributed by atoms with Gasteiger partial charge in [0.25, 0.3) is 0 Å². The predicted octanol–water partition coefficient (Wildman–Crippen LogP) is 5.44. The van der Waals surface area contributed by atoms with Crippen LogP contribution < -0.4 is 10.1 Å². The van der Waals surface area contributed by atoms with Crippen molar-refractivity contribution < 1.29 is 24.0 Å². The first-order chi connectivity index (χ1) is 19.0. The van der Waals surface area contributed by atoms with Gasteiger partial charge < -0.3 is 19.7 Å². The number of anilines is 1. The van der Waals surface area contributed by atoms with Crippen molar-refractivity contribution in [3.63, 3.8) is 0 Å². The summed E-state index contributed by atoms with van der Waals surface area (Å²) in [5.74, 6) is 0.431. The largest absolute Gasteiger partial charge is 0.481 e. The van der Waals surface area contributed by atoms with E-state index in [1.54, 1.807) is 42.5 Å². The molecule has 0 saturated carbocycles. The second-order valence-corrected chi connectivity index (χ2v) is 9.63. The first-order valence-corrected chi connectivity index (χ1v) is 13.2. The summed E-state index contributed by atoms with van der Waals surface area (Å²) in [6.45, 7) is 0.959. The Kier molecular flexibility index (Phi) is 9.86. The molecule has 1 aliphatic heterocycles. The van der Waals surface area contributed by atoms with Crippen molar-refractivity contribution in [2.75, 3.05) is 11.9 Å². The molecular weight excluding hydrogens is 532 g/mol. The summed E-state index contributed by atoms with van der Waals surface area (Å²) >= 11 is 0. The summed E-state index contributed by atoms with van der Waals surface area (Å²) in [6, 6.07) is 19.8. The minimum Gasteiger partial charge on any atom is -0.481 e. The van der Waals surface area contributed by atoms with Crippen LogP contribution in [0.2, 0.25) is 0 Å². The lowest BCUT2D eigenvalue weighted by molar-refractivity contribution is -0.137. The summed E-state index contributed by atoms with van der Waals surface area (Å²) in [5, 5.41) is 17.0. The molecule has 1 atom stereocenters. The lowest BCUT2D eigenvalue weighted by Crippen LogP contribution is -2.14. The number of hydrogen-bond donors (Lipinski definition) is 2. The van der Waals surface area contributed by atoms with Crippen LogP contribution in [0.4, 0.5) is 5.82 Å². The van der Waals surface area contributed by atoms with Gasteiger partial charge in [0, 0.05) is 31.0 Å². The van der Waals surface area contributed by atoms with Gasteiger partial charge in [0.15, 0.2) is 5.82 Å². The molecule has 1 aliphatic rings. The van der Waals surface area contributed by atoms with E-state index in [4.69, 9.17) is 14.2 Å². The number of hydrogen-bond acceptors (Lipinski definition) is 8. The highest BCUT2D eigenvalue weighted by molar-refractivity contribution is 5.91. The smallest absolute Gasteiger partial charge is 0.343 e. The number of halogens is 1. The zero-order valence-corrected chi connectivity index (χ0v) is 22.7. The zero-order chi connectivity index (χ0) is 27.0. The first kappa shape index (κ1) is 28.8. The van der Waals surface area contributed by atoms with Crippen LogP contribution >= 0.6 is 12.4 Å². The first-order valence-electron chi connectivity index (χ1n) is 13.2. The molecule has 10 heteroatoms. The molecule has 1 unspecified atom stereocenters. The number of ether oxygens (including phenoxy) is 1. The van der Waals surface area contributed by atoms with E-state index in [2.05, 4.69) is 27.6 Å². The number of benzene rings is 2. The maximum atomic E-state index is 12.5. The van der Waals surface area contributed by atoms with Crippen molar-refractivity contribution in [3.8, 4) is 5.75 Å². The average molecular weight is 563 g/mol. The lowest BCUT2D eigenvalue weighted by atomic mass is 9.92. The second-order valence-electron chi connectivity index (χ2n) is 9.63. The minimum atomic E-state index is -0.946. The summed E-state index contributed by atoms with van der Waals surface area (Å²) in [5.41, 5.74) is 3.44. The van der Waals surface area contributed by atoms with E-state index < -0.39 is 17.9 Å². The van der Waals surface area contributed by atoms with E-state index in [1.165, 1.54) is 5.56 Å². The van der Waals surface area contributed by atoms with Gasteiger partial charge in [0.05, 0.1) is 12.0 Å². The number of nitrogens with zero attached hydrogens (tertiary/aromatic N) is 3. The van der Waals surface area contributed by atoms with Crippen molar-refractivity contribution >= 4 is 30.2 Å². The molecule has 9 nitrogen and oxygen atoms in total. The predicted molar refractivity (Wildman–Crippen MR) is 151 cm³/mol. The summed E-state index contributed by atoms with van der Waals surface area (Å²) in [4.78, 5) is 33.3. The molecule has 0 aliphatic carbocycles. The Balaban J connectivity index is 0.00000370. The Hall–Kier alpha value is -4.24. The maximum Gasteiger partial charge on any atom is 0.343 e. The molecule has 3 heterocycles. The Labute approximate surface area is 238 Å². The molecule has 0 saturated heterocycles. The molecule has 0 spiro atoms. The summed E-state index contributed by atoms with van der Waals surface area (Å²) in [6.07, 6.45) is 4.57. The molecule has 40 heavy (non-hydrogen) atoms. The summed E-state index contributed by atoms with van der Waals surface area (Å²) < 4.78 is 11.0. The van der Waals surface area contributed by atoms with Crippen molar-refractivity contribution in [1.29, 1.82) is 0 Å². The second kappa shape index (κ2) is 13.7. The molecule has 2 aromatic heterocycles. The van der Waals surface area contributed by atoms with E-state index >= 15 is 0 Å². The molecule has 0 radical (unpaired) electrons. The number of pyridine rings is 1. The quantitative estimate of drug-likeness (QED) is 0.181. The number of carbonyl (C=O) groups is 2. The van der Waals surface area contributed by atoms with E-state index in [0.717, 1.165) is 43.7 Å². The highest BCUT2D eigenvalue weighted by Gasteiger charge is 2.21. The zero-order valence-electron chi connectivity index (χ0n) is 21.9. The molecule has 0 bridgehead atoms. The van der Waals surface area contributed by atoms with Gasteiger partial charge in [-0.05, 0) is 67.1 Å². The average Bonchev–Trinajstić information content (AvgIpc) is 3.40. The van der Waals surface area contributed by atoms with E-state index in [0.29, 0.717) is 35.0 Å². The van der Waals surface area contributed by atoms with Crippen LogP contribution in [0.25, 0.3) is 0 Å². The van der Waals surface area contributed by atoms with Gasteiger partial charge in [0.1, 0.15) is 11.6 Å². The number of carboxylic acids is 1. The standard InChI is InChI=1S/C30H30N4O5.ClH/c35-28(36)19-23(22-9-4-12-25(17-22)38-30(37)21-7-2-1-3-8-21)18-27-33-26(34-39-27)13-5-11-24-15-14-20-10-6-16-31-29(20)32-24;/h1-4,7-9,12,14-15,17,23H,5-6,10-11,13,16,18-19H2,(H,31,32)(H,35,36);1H. The van der Waals surface area contributed by atoms with Gasteiger partial charge >= 0.3 is 11.9 Å². The Morgan fingerprint density at radius 3 is 2.70 bits per heavy atom. The van der Waals surface area contributed by atoms with Crippen LogP contribution in [0.15, 0.2) is 71.3 Å². The fourth-order valence-corrected chi connectivity index (χ4v) is 4.71. The third-order valence-corrected chi connectivity index (χ3v) is 6.69. The highest BCUT2D eigenvalue weighted by atomic mass is 35.5. The molecule has 2 N–H and O–H groups in total. The molecule has 5 rings (SSSR count).